The summed E-state index contributed by atoms with van der Waals surface area (Å²) in [4.78, 5) is 11.6. The molecule has 0 aliphatic heterocycles. The molecule has 0 radical (unpaired) electrons. The molecule has 16 heavy (non-hydrogen) atoms. The largest absolute Gasteiger partial charge is 0.351 e. The van der Waals surface area contributed by atoms with Gasteiger partial charge in [0.15, 0.2) is 0 Å². The number of nitrogens with zero attached hydrogens (tertiary/aromatic N) is 1. The molecule has 0 bridgehead atoms. The van der Waals surface area contributed by atoms with Gasteiger partial charge in [0.2, 0.25) is 5.76 Å². The Balaban J connectivity index is 2.15. The summed E-state index contributed by atoms with van der Waals surface area (Å²) >= 11 is 5.94. The molecule has 0 saturated carbocycles. The zero-order valence-electron chi connectivity index (χ0n) is 8.53. The van der Waals surface area contributed by atoms with Crippen molar-refractivity contribution in [3.8, 4) is 0 Å². The highest BCUT2D eigenvalue weighted by Crippen LogP contribution is 2.20. The van der Waals surface area contributed by atoms with Crippen LogP contribution in [0.2, 0.25) is 5.02 Å². The SMILES string of the molecule is Cc1ccc(NC(=O)c2ccno2)cc1Cl. The molecule has 0 saturated heterocycles. The number of carbonyl (C=O) groups is 1. The Labute approximate surface area is 97.2 Å². The number of benzene rings is 1. The van der Waals surface area contributed by atoms with Crippen molar-refractivity contribution in [3.63, 3.8) is 0 Å². The third-order valence-electron chi connectivity index (χ3n) is 2.09. The highest BCUT2D eigenvalue weighted by atomic mass is 35.5. The molecule has 0 aliphatic carbocycles. The van der Waals surface area contributed by atoms with Gasteiger partial charge in [-0.1, -0.05) is 22.8 Å². The van der Waals surface area contributed by atoms with Crippen molar-refractivity contribution in [2.45, 2.75) is 6.92 Å². The summed E-state index contributed by atoms with van der Waals surface area (Å²) in [6.07, 6.45) is 1.41. The summed E-state index contributed by atoms with van der Waals surface area (Å²) in [6.45, 7) is 1.89. The van der Waals surface area contributed by atoms with Crippen molar-refractivity contribution in [1.29, 1.82) is 0 Å². The van der Waals surface area contributed by atoms with Gasteiger partial charge in [-0.15, -0.1) is 0 Å². The summed E-state index contributed by atoms with van der Waals surface area (Å²) < 4.78 is 4.73. The molecule has 5 heteroatoms. The minimum absolute atomic E-state index is 0.164. The van der Waals surface area contributed by atoms with E-state index in [1.165, 1.54) is 12.3 Å². The van der Waals surface area contributed by atoms with E-state index in [9.17, 15) is 4.79 Å². The molecule has 1 N–H and O–H groups in total. The van der Waals surface area contributed by atoms with E-state index in [0.29, 0.717) is 10.7 Å². The number of amides is 1. The third-order valence-corrected chi connectivity index (χ3v) is 2.50. The first-order chi connectivity index (χ1) is 7.66. The summed E-state index contributed by atoms with van der Waals surface area (Å²) in [7, 11) is 0. The predicted molar refractivity (Wildman–Crippen MR) is 60.6 cm³/mol. The Morgan fingerprint density at radius 3 is 2.88 bits per heavy atom. The smallest absolute Gasteiger partial charge is 0.294 e. The molecule has 0 fully saturated rings. The van der Waals surface area contributed by atoms with E-state index in [0.717, 1.165) is 5.56 Å². The lowest BCUT2D eigenvalue weighted by Gasteiger charge is -2.04. The first-order valence-corrected chi connectivity index (χ1v) is 5.03. The van der Waals surface area contributed by atoms with Gasteiger partial charge in [-0.2, -0.15) is 0 Å². The molecular weight excluding hydrogens is 228 g/mol. The zero-order valence-corrected chi connectivity index (χ0v) is 9.28. The number of aromatic nitrogens is 1. The predicted octanol–water partition coefficient (Wildman–Crippen LogP) is 2.89. The maximum Gasteiger partial charge on any atom is 0.294 e. The van der Waals surface area contributed by atoms with Gasteiger partial charge in [-0.3, -0.25) is 4.79 Å². The van der Waals surface area contributed by atoms with E-state index in [1.807, 2.05) is 13.0 Å². The average Bonchev–Trinajstić information content (AvgIpc) is 2.77. The van der Waals surface area contributed by atoms with E-state index in [2.05, 4.69) is 10.5 Å². The molecule has 0 atom stereocenters. The number of rotatable bonds is 2. The van der Waals surface area contributed by atoms with Crippen LogP contribution in [0.3, 0.4) is 0 Å². The molecule has 1 amide bonds. The minimum atomic E-state index is -0.350. The van der Waals surface area contributed by atoms with E-state index in [4.69, 9.17) is 16.1 Å². The third kappa shape index (κ3) is 2.23. The quantitative estimate of drug-likeness (QED) is 0.872. The van der Waals surface area contributed by atoms with Crippen LogP contribution in [0.25, 0.3) is 0 Å². The number of hydrogen-bond acceptors (Lipinski definition) is 3. The lowest BCUT2D eigenvalue weighted by Crippen LogP contribution is -2.10. The number of aryl methyl sites for hydroxylation is 1. The fraction of sp³-hybridized carbons (Fsp3) is 0.0909. The van der Waals surface area contributed by atoms with Crippen LogP contribution in [-0.2, 0) is 0 Å². The Hall–Kier alpha value is -1.81. The van der Waals surface area contributed by atoms with Crippen LogP contribution >= 0.6 is 11.6 Å². The first kappa shape index (κ1) is 10.7. The zero-order chi connectivity index (χ0) is 11.5. The molecule has 0 aliphatic rings. The molecule has 0 spiro atoms. The minimum Gasteiger partial charge on any atom is -0.351 e. The molecule has 0 unspecified atom stereocenters. The molecule has 1 aromatic heterocycles. The van der Waals surface area contributed by atoms with Crippen molar-refractivity contribution in [2.75, 3.05) is 5.32 Å². The van der Waals surface area contributed by atoms with Crippen molar-refractivity contribution < 1.29 is 9.32 Å². The van der Waals surface area contributed by atoms with E-state index < -0.39 is 0 Å². The van der Waals surface area contributed by atoms with E-state index >= 15 is 0 Å². The van der Waals surface area contributed by atoms with Crippen LogP contribution in [0, 0.1) is 6.92 Å². The van der Waals surface area contributed by atoms with E-state index in [-0.39, 0.29) is 11.7 Å². The van der Waals surface area contributed by atoms with Crippen molar-refractivity contribution >= 4 is 23.2 Å². The summed E-state index contributed by atoms with van der Waals surface area (Å²) in [5.74, 6) is -0.186. The van der Waals surface area contributed by atoms with Crippen molar-refractivity contribution in [3.05, 3.63) is 46.8 Å². The maximum atomic E-state index is 11.6. The van der Waals surface area contributed by atoms with Crippen molar-refractivity contribution in [1.82, 2.24) is 5.16 Å². The molecule has 1 aromatic carbocycles. The van der Waals surface area contributed by atoms with Gasteiger partial charge in [0.1, 0.15) is 0 Å². The average molecular weight is 237 g/mol. The Kier molecular flexibility index (Phi) is 2.92. The van der Waals surface area contributed by atoms with Gasteiger partial charge in [-0.25, -0.2) is 0 Å². The second kappa shape index (κ2) is 4.37. The van der Waals surface area contributed by atoms with E-state index in [1.54, 1.807) is 12.1 Å². The monoisotopic (exact) mass is 236 g/mol. The molecular formula is C11H9ClN2O2. The fourth-order valence-electron chi connectivity index (χ4n) is 1.20. The Morgan fingerprint density at radius 1 is 1.44 bits per heavy atom. The van der Waals surface area contributed by atoms with Gasteiger partial charge in [0.25, 0.3) is 5.91 Å². The first-order valence-electron chi connectivity index (χ1n) is 4.65. The molecule has 82 valence electrons. The number of halogens is 1. The van der Waals surface area contributed by atoms with Gasteiger partial charge in [0, 0.05) is 16.8 Å². The molecule has 2 rings (SSSR count). The van der Waals surface area contributed by atoms with Gasteiger partial charge < -0.3 is 9.84 Å². The second-order valence-electron chi connectivity index (χ2n) is 3.29. The fourth-order valence-corrected chi connectivity index (χ4v) is 1.38. The van der Waals surface area contributed by atoms with Crippen LogP contribution in [0.4, 0.5) is 5.69 Å². The normalized spacial score (nSPS) is 10.1. The summed E-state index contributed by atoms with van der Waals surface area (Å²) in [5, 5.41) is 6.72. The number of carbonyl (C=O) groups excluding carboxylic acids is 1. The van der Waals surface area contributed by atoms with Gasteiger partial charge >= 0.3 is 0 Å². The standard InChI is InChI=1S/C11H9ClN2O2/c1-7-2-3-8(6-9(7)12)14-11(15)10-4-5-13-16-10/h2-6H,1H3,(H,14,15). The number of nitrogens with one attached hydrogen (secondary N) is 1. The van der Waals surface area contributed by atoms with Crippen LogP contribution in [0.15, 0.2) is 35.0 Å². The Bertz CT molecular complexity index is 509. The van der Waals surface area contributed by atoms with Gasteiger partial charge in [-0.05, 0) is 24.6 Å². The highest BCUT2D eigenvalue weighted by Gasteiger charge is 2.10. The highest BCUT2D eigenvalue weighted by molar-refractivity contribution is 6.31. The maximum absolute atomic E-state index is 11.6. The Morgan fingerprint density at radius 2 is 2.25 bits per heavy atom. The number of hydrogen-bond donors (Lipinski definition) is 1. The van der Waals surface area contributed by atoms with Crippen LogP contribution in [0.5, 0.6) is 0 Å². The van der Waals surface area contributed by atoms with Gasteiger partial charge in [0.05, 0.1) is 6.20 Å². The molecule has 1 heterocycles. The topological polar surface area (TPSA) is 55.1 Å². The lowest BCUT2D eigenvalue weighted by molar-refractivity contribution is 0.0988. The second-order valence-corrected chi connectivity index (χ2v) is 3.70. The summed E-state index contributed by atoms with van der Waals surface area (Å²) in [6, 6.07) is 6.78. The molecule has 2 aromatic rings. The molecule has 4 nitrogen and oxygen atoms in total. The van der Waals surface area contributed by atoms with Crippen LogP contribution < -0.4 is 5.32 Å². The van der Waals surface area contributed by atoms with Crippen molar-refractivity contribution in [2.24, 2.45) is 0 Å². The van der Waals surface area contributed by atoms with Crippen LogP contribution in [-0.4, -0.2) is 11.1 Å². The summed E-state index contributed by atoms with van der Waals surface area (Å²) in [5.41, 5.74) is 1.58. The lowest BCUT2D eigenvalue weighted by atomic mass is 10.2. The number of anilines is 1. The van der Waals surface area contributed by atoms with Crippen LogP contribution in [0.1, 0.15) is 16.1 Å².